The van der Waals surface area contributed by atoms with Crippen molar-refractivity contribution in [3.63, 3.8) is 0 Å². The molecule has 0 aliphatic carbocycles. The minimum Gasteiger partial charge on any atom is -0.465 e. The molecule has 52 valence electrons. The topological polar surface area (TPSA) is 42.2 Å². The van der Waals surface area contributed by atoms with E-state index in [4.69, 9.17) is 4.42 Å². The number of carbonyl (C=O) groups is 1. The van der Waals surface area contributed by atoms with E-state index >= 15 is 0 Å². The fourth-order valence-corrected chi connectivity index (χ4v) is 0.556. The van der Waals surface area contributed by atoms with E-state index in [-0.39, 0.29) is 0 Å². The number of furan rings is 1. The second-order valence-electron chi connectivity index (χ2n) is 1.63. The maximum absolute atomic E-state index is 9.74. The summed E-state index contributed by atoms with van der Waals surface area (Å²) < 4.78 is 4.94. The third kappa shape index (κ3) is 1.78. The Kier molecular flexibility index (Phi) is 2.31. The van der Waals surface area contributed by atoms with E-state index in [1.807, 2.05) is 0 Å². The highest BCUT2D eigenvalue weighted by molar-refractivity contribution is 5.52. The molecule has 0 aliphatic rings. The Balaban J connectivity index is 2.47. The summed E-state index contributed by atoms with van der Waals surface area (Å²) in [5, 5.41) is 2.37. The molecule has 0 unspecified atom stereocenters. The van der Waals surface area contributed by atoms with Gasteiger partial charge in [-0.1, -0.05) is 0 Å². The highest BCUT2D eigenvalue weighted by Gasteiger charge is 1.83. The number of nitrogens with one attached hydrogen (secondary N) is 1. The Morgan fingerprint density at radius 3 is 3.10 bits per heavy atom. The van der Waals surface area contributed by atoms with Gasteiger partial charge in [0.25, 0.3) is 0 Å². The summed E-state index contributed by atoms with van der Waals surface area (Å²) in [5.74, 6) is 0.717. The largest absolute Gasteiger partial charge is 0.465 e. The Labute approximate surface area is 58.3 Å². The summed E-state index contributed by atoms with van der Waals surface area (Å²) in [6.07, 6.45) is 5.33. The molecule has 0 spiro atoms. The smallest absolute Gasteiger partial charge is 0.211 e. The molecule has 3 heteroatoms. The quantitative estimate of drug-likeness (QED) is 0.631. The Morgan fingerprint density at radius 2 is 2.50 bits per heavy atom. The maximum atomic E-state index is 9.74. The average Bonchev–Trinajstić information content (AvgIpc) is 2.41. The van der Waals surface area contributed by atoms with Gasteiger partial charge in [0, 0.05) is 6.20 Å². The second-order valence-corrected chi connectivity index (χ2v) is 1.63. The molecule has 0 saturated heterocycles. The summed E-state index contributed by atoms with van der Waals surface area (Å²) in [4.78, 5) is 9.74. The molecule has 0 atom stereocenters. The molecule has 0 fully saturated rings. The molecular formula is C7H7NO2. The lowest BCUT2D eigenvalue weighted by Crippen LogP contribution is -1.97. The van der Waals surface area contributed by atoms with E-state index in [9.17, 15) is 4.79 Å². The summed E-state index contributed by atoms with van der Waals surface area (Å²) >= 11 is 0. The number of carbonyl (C=O) groups excluding carboxylic acids is 1. The lowest BCUT2D eigenvalue weighted by Gasteiger charge is -1.82. The van der Waals surface area contributed by atoms with Crippen LogP contribution in [0.3, 0.4) is 0 Å². The van der Waals surface area contributed by atoms with Crippen molar-refractivity contribution in [3.05, 3.63) is 30.4 Å². The first-order valence-corrected chi connectivity index (χ1v) is 2.83. The van der Waals surface area contributed by atoms with Crippen LogP contribution in [-0.2, 0) is 4.79 Å². The van der Waals surface area contributed by atoms with Gasteiger partial charge in [-0.3, -0.25) is 4.79 Å². The van der Waals surface area contributed by atoms with Gasteiger partial charge in [0.1, 0.15) is 5.76 Å². The van der Waals surface area contributed by atoms with Crippen molar-refractivity contribution < 1.29 is 9.21 Å². The maximum Gasteiger partial charge on any atom is 0.211 e. The summed E-state index contributed by atoms with van der Waals surface area (Å²) in [6.45, 7) is 0. The van der Waals surface area contributed by atoms with Crippen LogP contribution in [0.5, 0.6) is 0 Å². The molecule has 0 aromatic carbocycles. The first-order valence-electron chi connectivity index (χ1n) is 2.83. The lowest BCUT2D eigenvalue weighted by atomic mass is 10.4. The van der Waals surface area contributed by atoms with Crippen LogP contribution < -0.4 is 5.32 Å². The number of amides is 1. The zero-order valence-corrected chi connectivity index (χ0v) is 5.28. The molecule has 0 aliphatic heterocycles. The van der Waals surface area contributed by atoms with Crippen molar-refractivity contribution >= 4 is 12.5 Å². The van der Waals surface area contributed by atoms with Crippen molar-refractivity contribution in [2.75, 3.05) is 0 Å². The fraction of sp³-hybridized carbons (Fsp3) is 0. The average molecular weight is 137 g/mol. The summed E-state index contributed by atoms with van der Waals surface area (Å²) in [5.41, 5.74) is 0. The fourth-order valence-electron chi connectivity index (χ4n) is 0.556. The van der Waals surface area contributed by atoms with Gasteiger partial charge in [-0.25, -0.2) is 0 Å². The van der Waals surface area contributed by atoms with Gasteiger partial charge >= 0.3 is 0 Å². The van der Waals surface area contributed by atoms with Crippen LogP contribution >= 0.6 is 0 Å². The van der Waals surface area contributed by atoms with Gasteiger partial charge in [-0.2, -0.15) is 0 Å². The van der Waals surface area contributed by atoms with Crippen molar-refractivity contribution in [1.29, 1.82) is 0 Å². The molecule has 0 saturated carbocycles. The van der Waals surface area contributed by atoms with Gasteiger partial charge in [-0.05, 0) is 18.2 Å². The van der Waals surface area contributed by atoms with Gasteiger partial charge in [0.2, 0.25) is 6.41 Å². The van der Waals surface area contributed by atoms with Crippen molar-refractivity contribution in [2.45, 2.75) is 0 Å². The molecule has 1 N–H and O–H groups in total. The SMILES string of the molecule is O=CN/C=C/c1ccco1. The first kappa shape index (κ1) is 6.61. The van der Waals surface area contributed by atoms with Gasteiger partial charge < -0.3 is 9.73 Å². The highest BCUT2D eigenvalue weighted by Crippen LogP contribution is 2.00. The monoisotopic (exact) mass is 137 g/mol. The molecule has 0 radical (unpaired) electrons. The molecule has 0 bridgehead atoms. The van der Waals surface area contributed by atoms with Gasteiger partial charge in [-0.15, -0.1) is 0 Å². The highest BCUT2D eigenvalue weighted by atomic mass is 16.3. The normalized spacial score (nSPS) is 10.0. The third-order valence-electron chi connectivity index (χ3n) is 0.955. The van der Waals surface area contributed by atoms with Gasteiger partial charge in [0.15, 0.2) is 0 Å². The molecule has 1 aromatic rings. The molecular weight excluding hydrogens is 130 g/mol. The molecule has 1 aromatic heterocycles. The predicted octanol–water partition coefficient (Wildman–Crippen LogP) is 0.996. The predicted molar refractivity (Wildman–Crippen MR) is 36.9 cm³/mol. The van der Waals surface area contributed by atoms with Crippen molar-refractivity contribution in [2.24, 2.45) is 0 Å². The van der Waals surface area contributed by atoms with E-state index in [1.165, 1.54) is 6.20 Å². The van der Waals surface area contributed by atoms with E-state index in [1.54, 1.807) is 24.5 Å². The van der Waals surface area contributed by atoms with Crippen LogP contribution in [-0.4, -0.2) is 6.41 Å². The Bertz CT molecular complexity index is 214. The number of rotatable bonds is 3. The minimum atomic E-state index is 0.597. The first-order chi connectivity index (χ1) is 4.93. The standard InChI is InChI=1S/C7H7NO2/c9-6-8-4-3-7-2-1-5-10-7/h1-6H,(H,8,9)/b4-3+. The Hall–Kier alpha value is -1.51. The zero-order chi connectivity index (χ0) is 7.23. The molecule has 1 amide bonds. The lowest BCUT2D eigenvalue weighted by molar-refractivity contribution is -0.108. The van der Waals surface area contributed by atoms with Crippen molar-refractivity contribution in [1.82, 2.24) is 5.32 Å². The molecule has 1 rings (SSSR count). The van der Waals surface area contributed by atoms with Crippen molar-refractivity contribution in [3.8, 4) is 0 Å². The minimum absolute atomic E-state index is 0.597. The third-order valence-corrected chi connectivity index (χ3v) is 0.955. The van der Waals surface area contributed by atoms with E-state index in [2.05, 4.69) is 5.32 Å². The molecule has 1 heterocycles. The van der Waals surface area contributed by atoms with E-state index in [0.717, 1.165) is 0 Å². The molecule has 10 heavy (non-hydrogen) atoms. The van der Waals surface area contributed by atoms with Crippen LogP contribution in [0.2, 0.25) is 0 Å². The summed E-state index contributed by atoms with van der Waals surface area (Å²) in [7, 11) is 0. The zero-order valence-electron chi connectivity index (χ0n) is 5.28. The second kappa shape index (κ2) is 3.50. The van der Waals surface area contributed by atoms with Gasteiger partial charge in [0.05, 0.1) is 6.26 Å². The summed E-state index contributed by atoms with van der Waals surface area (Å²) in [6, 6.07) is 3.57. The van der Waals surface area contributed by atoms with Crippen LogP contribution in [0.15, 0.2) is 29.0 Å². The van der Waals surface area contributed by atoms with Crippen LogP contribution in [0.25, 0.3) is 6.08 Å². The number of hydrogen-bond donors (Lipinski definition) is 1. The van der Waals surface area contributed by atoms with Crippen LogP contribution in [0.1, 0.15) is 5.76 Å². The number of hydrogen-bond acceptors (Lipinski definition) is 2. The van der Waals surface area contributed by atoms with Crippen LogP contribution in [0, 0.1) is 0 Å². The van der Waals surface area contributed by atoms with E-state index in [0.29, 0.717) is 12.2 Å². The van der Waals surface area contributed by atoms with E-state index < -0.39 is 0 Å². The molecule has 3 nitrogen and oxygen atoms in total. The van der Waals surface area contributed by atoms with Crippen LogP contribution in [0.4, 0.5) is 0 Å². The Morgan fingerprint density at radius 1 is 1.60 bits per heavy atom.